The van der Waals surface area contributed by atoms with Gasteiger partial charge in [0, 0.05) is 24.8 Å². The molecule has 6 heteroatoms. The van der Waals surface area contributed by atoms with Gasteiger partial charge in [-0.1, -0.05) is 20.3 Å². The van der Waals surface area contributed by atoms with E-state index in [0.29, 0.717) is 18.2 Å². The molecule has 1 aliphatic heterocycles. The van der Waals surface area contributed by atoms with Gasteiger partial charge in [0.15, 0.2) is 0 Å². The number of urea groups is 1. The average Bonchev–Trinajstić information content (AvgIpc) is 2.44. The summed E-state index contributed by atoms with van der Waals surface area (Å²) in [5, 5.41) is 15.0. The number of aliphatic carboxylic acids is 1. The highest BCUT2D eigenvalue weighted by atomic mass is 32.2. The summed E-state index contributed by atoms with van der Waals surface area (Å²) >= 11 is 1.94. The lowest BCUT2D eigenvalue weighted by Gasteiger charge is -2.24. The van der Waals surface area contributed by atoms with Crippen LogP contribution in [-0.2, 0) is 4.79 Å². The molecule has 1 rings (SSSR count). The smallest absolute Gasteiger partial charge is 0.314 e. The minimum absolute atomic E-state index is 0.0646. The molecule has 1 atom stereocenters. The number of hydrogen-bond donors (Lipinski definition) is 3. The molecule has 0 aromatic rings. The Balaban J connectivity index is 2.10. The average molecular weight is 316 g/mol. The van der Waals surface area contributed by atoms with Crippen molar-refractivity contribution in [2.75, 3.05) is 18.8 Å². The van der Waals surface area contributed by atoms with Gasteiger partial charge in [-0.2, -0.15) is 11.8 Å². The van der Waals surface area contributed by atoms with Crippen LogP contribution in [0, 0.1) is 5.41 Å². The van der Waals surface area contributed by atoms with E-state index in [2.05, 4.69) is 10.6 Å². The number of nitrogens with one attached hydrogen (secondary N) is 2. The molecule has 0 spiro atoms. The van der Waals surface area contributed by atoms with Crippen molar-refractivity contribution in [3.05, 3.63) is 0 Å². The van der Waals surface area contributed by atoms with Crippen molar-refractivity contribution in [1.29, 1.82) is 0 Å². The normalized spacial score (nSPS) is 19.0. The van der Waals surface area contributed by atoms with Crippen LogP contribution >= 0.6 is 11.8 Å². The van der Waals surface area contributed by atoms with Crippen molar-refractivity contribution < 1.29 is 14.7 Å². The molecule has 0 bridgehead atoms. The van der Waals surface area contributed by atoms with Crippen molar-refractivity contribution in [1.82, 2.24) is 10.6 Å². The molecule has 0 aromatic carbocycles. The van der Waals surface area contributed by atoms with E-state index in [1.54, 1.807) is 0 Å². The van der Waals surface area contributed by atoms with E-state index in [-0.39, 0.29) is 17.9 Å². The largest absolute Gasteiger partial charge is 0.481 e. The summed E-state index contributed by atoms with van der Waals surface area (Å²) < 4.78 is 0. The van der Waals surface area contributed by atoms with Gasteiger partial charge < -0.3 is 15.7 Å². The van der Waals surface area contributed by atoms with Crippen LogP contribution in [0.3, 0.4) is 0 Å². The second-order valence-corrected chi connectivity index (χ2v) is 7.84. The fraction of sp³-hybridized carbons (Fsp3) is 0.867. The molecular formula is C15H28N2O3S. The van der Waals surface area contributed by atoms with E-state index >= 15 is 0 Å². The molecule has 1 aliphatic rings. The van der Waals surface area contributed by atoms with Gasteiger partial charge in [-0.05, 0) is 36.9 Å². The lowest BCUT2D eigenvalue weighted by atomic mass is 9.84. The van der Waals surface area contributed by atoms with Crippen molar-refractivity contribution in [3.8, 4) is 0 Å². The van der Waals surface area contributed by atoms with Crippen LogP contribution in [-0.4, -0.2) is 41.2 Å². The minimum atomic E-state index is -0.765. The standard InChI is InChI=1S/C15H28N2O3S/c1-15(2,7-6-13(18)19)8-9-16-14(20)17-11-12-5-3-4-10-21-12/h12H,3-11H2,1-2H3,(H,18,19)(H2,16,17,20). The van der Waals surface area contributed by atoms with Crippen molar-refractivity contribution in [2.24, 2.45) is 5.41 Å². The van der Waals surface area contributed by atoms with E-state index < -0.39 is 5.97 Å². The van der Waals surface area contributed by atoms with Crippen LogP contribution in [0.25, 0.3) is 0 Å². The summed E-state index contributed by atoms with van der Waals surface area (Å²) in [6.45, 7) is 5.39. The molecule has 21 heavy (non-hydrogen) atoms. The number of carbonyl (C=O) groups is 2. The van der Waals surface area contributed by atoms with Gasteiger partial charge in [-0.15, -0.1) is 0 Å². The Hall–Kier alpha value is -0.910. The van der Waals surface area contributed by atoms with Gasteiger partial charge in [0.05, 0.1) is 0 Å². The first kappa shape index (κ1) is 18.1. The van der Waals surface area contributed by atoms with Gasteiger partial charge in [0.25, 0.3) is 0 Å². The number of amides is 2. The molecule has 0 radical (unpaired) electrons. The first-order valence-corrected chi connectivity index (χ1v) is 8.79. The van der Waals surface area contributed by atoms with Gasteiger partial charge in [-0.3, -0.25) is 4.79 Å². The molecule has 3 N–H and O–H groups in total. The highest BCUT2D eigenvalue weighted by Crippen LogP contribution is 2.26. The maximum absolute atomic E-state index is 11.7. The van der Waals surface area contributed by atoms with E-state index in [0.717, 1.165) is 13.0 Å². The van der Waals surface area contributed by atoms with Crippen molar-refractivity contribution in [3.63, 3.8) is 0 Å². The molecule has 2 amide bonds. The van der Waals surface area contributed by atoms with Crippen LogP contribution in [0.2, 0.25) is 0 Å². The number of thioether (sulfide) groups is 1. The predicted octanol–water partition coefficient (Wildman–Crippen LogP) is 2.85. The monoisotopic (exact) mass is 316 g/mol. The Kier molecular flexibility index (Phi) is 7.93. The van der Waals surface area contributed by atoms with Crippen LogP contribution in [0.4, 0.5) is 4.79 Å². The topological polar surface area (TPSA) is 78.4 Å². The second-order valence-electron chi connectivity index (χ2n) is 6.43. The Morgan fingerprint density at radius 2 is 2.00 bits per heavy atom. The zero-order chi connectivity index (χ0) is 15.7. The van der Waals surface area contributed by atoms with Gasteiger partial charge in [0.2, 0.25) is 0 Å². The molecule has 5 nitrogen and oxygen atoms in total. The molecule has 1 fully saturated rings. The Bertz CT molecular complexity index is 342. The molecule has 1 heterocycles. The number of rotatable bonds is 8. The maximum atomic E-state index is 11.7. The zero-order valence-corrected chi connectivity index (χ0v) is 13.9. The van der Waals surface area contributed by atoms with Crippen LogP contribution in [0.5, 0.6) is 0 Å². The summed E-state index contributed by atoms with van der Waals surface area (Å²) in [6.07, 6.45) is 5.33. The Morgan fingerprint density at radius 3 is 2.62 bits per heavy atom. The fourth-order valence-corrected chi connectivity index (χ4v) is 3.56. The van der Waals surface area contributed by atoms with Crippen LogP contribution in [0.1, 0.15) is 52.4 Å². The lowest BCUT2D eigenvalue weighted by molar-refractivity contribution is -0.137. The highest BCUT2D eigenvalue weighted by Gasteiger charge is 2.19. The zero-order valence-electron chi connectivity index (χ0n) is 13.1. The quantitative estimate of drug-likeness (QED) is 0.643. The number of hydrogen-bond acceptors (Lipinski definition) is 3. The molecule has 1 saturated heterocycles. The molecule has 1 unspecified atom stereocenters. The Morgan fingerprint density at radius 1 is 1.24 bits per heavy atom. The molecule has 0 saturated carbocycles. The number of carbonyl (C=O) groups excluding carboxylic acids is 1. The maximum Gasteiger partial charge on any atom is 0.314 e. The summed E-state index contributed by atoms with van der Waals surface area (Å²) in [5.41, 5.74) is -0.0646. The SMILES string of the molecule is CC(C)(CCNC(=O)NCC1CCCCS1)CCC(=O)O. The van der Waals surface area contributed by atoms with Crippen molar-refractivity contribution >= 4 is 23.8 Å². The van der Waals surface area contributed by atoms with E-state index in [4.69, 9.17) is 5.11 Å². The van der Waals surface area contributed by atoms with E-state index in [1.165, 1.54) is 25.0 Å². The van der Waals surface area contributed by atoms with Gasteiger partial charge >= 0.3 is 12.0 Å². The molecular weight excluding hydrogens is 288 g/mol. The van der Waals surface area contributed by atoms with E-state index in [9.17, 15) is 9.59 Å². The highest BCUT2D eigenvalue weighted by molar-refractivity contribution is 7.99. The molecule has 122 valence electrons. The first-order valence-electron chi connectivity index (χ1n) is 7.74. The van der Waals surface area contributed by atoms with Gasteiger partial charge in [0.1, 0.15) is 0 Å². The second kappa shape index (κ2) is 9.18. The molecule has 0 aliphatic carbocycles. The van der Waals surface area contributed by atoms with Gasteiger partial charge in [-0.25, -0.2) is 4.79 Å². The molecule has 0 aromatic heterocycles. The fourth-order valence-electron chi connectivity index (χ4n) is 2.32. The van der Waals surface area contributed by atoms with Crippen LogP contribution in [0.15, 0.2) is 0 Å². The minimum Gasteiger partial charge on any atom is -0.481 e. The number of carboxylic acid groups (broad SMARTS) is 1. The predicted molar refractivity (Wildman–Crippen MR) is 86.8 cm³/mol. The van der Waals surface area contributed by atoms with E-state index in [1.807, 2.05) is 25.6 Å². The number of carboxylic acids is 1. The van der Waals surface area contributed by atoms with Crippen LogP contribution < -0.4 is 10.6 Å². The first-order chi connectivity index (χ1) is 9.89. The summed E-state index contributed by atoms with van der Waals surface area (Å²) in [7, 11) is 0. The van der Waals surface area contributed by atoms with Crippen molar-refractivity contribution in [2.45, 2.75) is 57.6 Å². The Labute approximate surface area is 131 Å². The summed E-state index contributed by atoms with van der Waals surface area (Å²) in [5.74, 6) is 0.435. The third-order valence-corrected chi connectivity index (χ3v) is 5.27. The third-order valence-electron chi connectivity index (χ3n) is 3.87. The lowest BCUT2D eigenvalue weighted by Crippen LogP contribution is -2.40. The third kappa shape index (κ3) is 8.86. The summed E-state index contributed by atoms with van der Waals surface area (Å²) in [6, 6.07) is -0.116. The summed E-state index contributed by atoms with van der Waals surface area (Å²) in [4.78, 5) is 22.3.